The molecule has 33 heavy (non-hydrogen) atoms. The van der Waals surface area contributed by atoms with Crippen molar-refractivity contribution in [2.24, 2.45) is 0 Å². The standard InChI is InChI=1S/C23H26N6O4/c30-19(25-16-6-2-3-7-16)13-28-12-17(11-24-28)26-20(31)14-29-21(32)23(27-22(29)33)10-9-15-5-1-4-8-18(15)23/h1,4-5,8,11-12,16H,2-3,6-7,9-10,13-14H2,(H,25,30)(H,26,31)(H,27,33). The van der Waals surface area contributed by atoms with E-state index in [0.717, 1.165) is 41.7 Å². The molecule has 3 aliphatic rings. The summed E-state index contributed by atoms with van der Waals surface area (Å²) in [6.45, 7) is -0.344. The van der Waals surface area contributed by atoms with E-state index in [0.29, 0.717) is 18.5 Å². The number of urea groups is 1. The van der Waals surface area contributed by atoms with Gasteiger partial charge in [0.2, 0.25) is 11.8 Å². The van der Waals surface area contributed by atoms with Crippen molar-refractivity contribution in [3.8, 4) is 0 Å². The molecule has 5 rings (SSSR count). The largest absolute Gasteiger partial charge is 0.352 e. The van der Waals surface area contributed by atoms with Crippen LogP contribution in [0.15, 0.2) is 36.7 Å². The van der Waals surface area contributed by atoms with E-state index in [1.807, 2.05) is 24.3 Å². The van der Waals surface area contributed by atoms with E-state index in [9.17, 15) is 19.2 Å². The molecule has 0 radical (unpaired) electrons. The normalized spacial score (nSPS) is 22.0. The van der Waals surface area contributed by atoms with Crippen molar-refractivity contribution in [2.45, 2.75) is 56.7 Å². The van der Waals surface area contributed by atoms with Gasteiger partial charge in [0.15, 0.2) is 0 Å². The Morgan fingerprint density at radius 1 is 1.12 bits per heavy atom. The fraction of sp³-hybridized carbons (Fsp3) is 0.435. The van der Waals surface area contributed by atoms with Gasteiger partial charge in [0.25, 0.3) is 5.91 Å². The van der Waals surface area contributed by atoms with Gasteiger partial charge in [-0.3, -0.25) is 24.0 Å². The lowest BCUT2D eigenvalue weighted by atomic mass is 9.92. The first-order valence-electron chi connectivity index (χ1n) is 11.3. The van der Waals surface area contributed by atoms with Crippen molar-refractivity contribution in [1.82, 2.24) is 25.3 Å². The molecule has 1 spiro atoms. The van der Waals surface area contributed by atoms with E-state index in [2.05, 4.69) is 21.0 Å². The van der Waals surface area contributed by atoms with Crippen LogP contribution in [0.1, 0.15) is 43.2 Å². The number of carbonyl (C=O) groups is 4. The number of rotatable bonds is 6. The zero-order chi connectivity index (χ0) is 23.0. The number of anilines is 1. The second kappa shape index (κ2) is 8.34. The van der Waals surface area contributed by atoms with Crippen molar-refractivity contribution in [3.05, 3.63) is 47.8 Å². The Hall–Kier alpha value is -3.69. The lowest BCUT2D eigenvalue weighted by Crippen LogP contribution is -2.42. The third-order valence-corrected chi connectivity index (χ3v) is 6.67. The molecule has 5 amide bonds. The number of benzene rings is 1. The first-order chi connectivity index (χ1) is 15.9. The number of aryl methyl sites for hydroxylation is 1. The topological polar surface area (TPSA) is 125 Å². The minimum Gasteiger partial charge on any atom is -0.352 e. The molecular formula is C23H26N6O4. The zero-order valence-corrected chi connectivity index (χ0v) is 18.2. The van der Waals surface area contributed by atoms with Crippen molar-refractivity contribution < 1.29 is 19.2 Å². The molecule has 1 aromatic carbocycles. The molecule has 172 valence electrons. The van der Waals surface area contributed by atoms with Crippen molar-refractivity contribution in [3.63, 3.8) is 0 Å². The van der Waals surface area contributed by atoms with Crippen LogP contribution in [0.4, 0.5) is 10.5 Å². The Bertz CT molecular complexity index is 1120. The zero-order valence-electron chi connectivity index (χ0n) is 18.2. The molecular weight excluding hydrogens is 424 g/mol. The maximum Gasteiger partial charge on any atom is 0.325 e. The first kappa shape index (κ1) is 21.2. The molecule has 10 nitrogen and oxygen atoms in total. The Kier molecular flexibility index (Phi) is 5.35. The van der Waals surface area contributed by atoms with Gasteiger partial charge in [-0.2, -0.15) is 5.10 Å². The Balaban J connectivity index is 1.18. The lowest BCUT2D eigenvalue weighted by Gasteiger charge is -2.22. The molecule has 2 heterocycles. The van der Waals surface area contributed by atoms with Crippen LogP contribution in [-0.4, -0.2) is 51.0 Å². The Morgan fingerprint density at radius 3 is 2.73 bits per heavy atom. The fourth-order valence-corrected chi connectivity index (χ4v) is 5.08. The molecule has 2 fully saturated rings. The summed E-state index contributed by atoms with van der Waals surface area (Å²) in [6.07, 6.45) is 8.42. The van der Waals surface area contributed by atoms with E-state index >= 15 is 0 Å². The third-order valence-electron chi connectivity index (χ3n) is 6.67. The molecule has 0 bridgehead atoms. The Morgan fingerprint density at radius 2 is 1.91 bits per heavy atom. The highest BCUT2D eigenvalue weighted by Gasteiger charge is 2.55. The monoisotopic (exact) mass is 450 g/mol. The highest BCUT2D eigenvalue weighted by molar-refractivity contribution is 6.10. The van der Waals surface area contributed by atoms with Crippen molar-refractivity contribution in [1.29, 1.82) is 0 Å². The average Bonchev–Trinajstić information content (AvgIpc) is 3.56. The van der Waals surface area contributed by atoms with Crippen LogP contribution >= 0.6 is 0 Å². The predicted octanol–water partition coefficient (Wildman–Crippen LogP) is 1.27. The van der Waals surface area contributed by atoms with Gasteiger partial charge < -0.3 is 16.0 Å². The quantitative estimate of drug-likeness (QED) is 0.572. The van der Waals surface area contributed by atoms with Gasteiger partial charge in [-0.25, -0.2) is 4.79 Å². The van der Waals surface area contributed by atoms with Gasteiger partial charge >= 0.3 is 6.03 Å². The second-order valence-electron chi connectivity index (χ2n) is 8.91. The Labute approximate surface area is 190 Å². The van der Waals surface area contributed by atoms with Crippen LogP contribution in [0, 0.1) is 0 Å². The number of fused-ring (bicyclic) bond motifs is 2. The molecule has 3 N–H and O–H groups in total. The van der Waals surface area contributed by atoms with Crippen LogP contribution in [0.2, 0.25) is 0 Å². The van der Waals surface area contributed by atoms with Crippen molar-refractivity contribution >= 4 is 29.4 Å². The predicted molar refractivity (Wildman–Crippen MR) is 118 cm³/mol. The van der Waals surface area contributed by atoms with Gasteiger partial charge in [-0.05, 0) is 36.8 Å². The maximum atomic E-state index is 13.2. The van der Waals surface area contributed by atoms with E-state index in [-0.39, 0.29) is 18.5 Å². The van der Waals surface area contributed by atoms with E-state index in [4.69, 9.17) is 0 Å². The van der Waals surface area contributed by atoms with Crippen LogP contribution in [0.25, 0.3) is 0 Å². The number of amides is 5. The maximum absolute atomic E-state index is 13.2. The van der Waals surface area contributed by atoms with E-state index < -0.39 is 29.9 Å². The molecule has 1 atom stereocenters. The summed E-state index contributed by atoms with van der Waals surface area (Å²) in [5.74, 6) is -1.05. The highest BCUT2D eigenvalue weighted by atomic mass is 16.2. The molecule has 2 aromatic rings. The minimum atomic E-state index is -1.09. The summed E-state index contributed by atoms with van der Waals surface area (Å²) >= 11 is 0. The van der Waals surface area contributed by atoms with Gasteiger partial charge in [0, 0.05) is 12.2 Å². The molecule has 1 unspecified atom stereocenters. The van der Waals surface area contributed by atoms with Crippen LogP contribution in [-0.2, 0) is 32.9 Å². The lowest BCUT2D eigenvalue weighted by molar-refractivity contribution is -0.134. The van der Waals surface area contributed by atoms with Gasteiger partial charge in [0.05, 0.1) is 11.9 Å². The number of aromatic nitrogens is 2. The number of nitrogens with one attached hydrogen (secondary N) is 3. The first-order valence-corrected chi connectivity index (χ1v) is 11.3. The number of carbonyl (C=O) groups excluding carboxylic acids is 4. The third kappa shape index (κ3) is 3.96. The van der Waals surface area contributed by atoms with Crippen LogP contribution in [0.5, 0.6) is 0 Å². The highest BCUT2D eigenvalue weighted by Crippen LogP contribution is 2.41. The average molecular weight is 450 g/mol. The van der Waals surface area contributed by atoms with E-state index in [1.165, 1.54) is 10.9 Å². The molecule has 10 heteroatoms. The molecule has 2 aliphatic carbocycles. The van der Waals surface area contributed by atoms with Crippen molar-refractivity contribution in [2.75, 3.05) is 11.9 Å². The summed E-state index contributed by atoms with van der Waals surface area (Å²) < 4.78 is 1.44. The van der Waals surface area contributed by atoms with Crippen LogP contribution < -0.4 is 16.0 Å². The summed E-state index contributed by atoms with van der Waals surface area (Å²) in [5, 5.41) is 12.6. The van der Waals surface area contributed by atoms with Gasteiger partial charge in [0.1, 0.15) is 18.6 Å². The smallest absolute Gasteiger partial charge is 0.325 e. The van der Waals surface area contributed by atoms with Gasteiger partial charge in [-0.1, -0.05) is 37.1 Å². The van der Waals surface area contributed by atoms with E-state index in [1.54, 1.807) is 6.20 Å². The summed E-state index contributed by atoms with van der Waals surface area (Å²) in [4.78, 5) is 51.4. The number of nitrogens with zero attached hydrogens (tertiary/aromatic N) is 3. The number of imide groups is 1. The summed E-state index contributed by atoms with van der Waals surface area (Å²) in [7, 11) is 0. The number of hydrogen-bond donors (Lipinski definition) is 3. The summed E-state index contributed by atoms with van der Waals surface area (Å²) in [6, 6.07) is 7.19. The molecule has 1 aliphatic heterocycles. The SMILES string of the molecule is O=C(CN1C(=O)NC2(CCc3ccccc32)C1=O)Nc1cnn(CC(=O)NC2CCCC2)c1. The molecule has 1 aromatic heterocycles. The van der Waals surface area contributed by atoms with Crippen LogP contribution in [0.3, 0.4) is 0 Å². The second-order valence-corrected chi connectivity index (χ2v) is 8.91. The molecule has 1 saturated heterocycles. The summed E-state index contributed by atoms with van der Waals surface area (Å²) in [5.41, 5.74) is 1.12. The minimum absolute atomic E-state index is 0.0569. The fourth-order valence-electron chi connectivity index (χ4n) is 5.08. The molecule has 1 saturated carbocycles. The van der Waals surface area contributed by atoms with Gasteiger partial charge in [-0.15, -0.1) is 0 Å². The number of hydrogen-bond acceptors (Lipinski definition) is 5.